The fourth-order valence-corrected chi connectivity index (χ4v) is 3.97. The lowest BCUT2D eigenvalue weighted by Crippen LogP contribution is -1.96. The molecule has 2 heteroatoms. The predicted molar refractivity (Wildman–Crippen MR) is 98.4 cm³/mol. The molecule has 0 amide bonds. The van der Waals surface area contributed by atoms with Crippen LogP contribution in [0.3, 0.4) is 0 Å². The van der Waals surface area contributed by atoms with Gasteiger partial charge in [0.2, 0.25) is 0 Å². The smallest absolute Gasteiger partial charge is 0.151 e. The Bertz CT molecular complexity index is 1280. The molecule has 0 atom stereocenters. The standard InChI is InChI=1S/C22H12O2/c23-11-15-10-14-9-8-13-4-3-7-17-16-5-1-2-6-18(16)22(19(15)12-24)21(14)20(13)17/h1-12H. The van der Waals surface area contributed by atoms with Crippen molar-refractivity contribution in [2.24, 2.45) is 0 Å². The molecule has 5 aromatic carbocycles. The Morgan fingerprint density at radius 2 is 1.29 bits per heavy atom. The van der Waals surface area contributed by atoms with Crippen LogP contribution in [0.25, 0.3) is 43.1 Å². The molecular formula is C22H12O2. The molecule has 5 aromatic rings. The molecule has 0 aliphatic rings. The summed E-state index contributed by atoms with van der Waals surface area (Å²) in [5.41, 5.74) is 0.924. The summed E-state index contributed by atoms with van der Waals surface area (Å²) in [6, 6.07) is 20.3. The summed E-state index contributed by atoms with van der Waals surface area (Å²) in [4.78, 5) is 23.3. The predicted octanol–water partition coefficient (Wildman–Crippen LogP) is 5.36. The zero-order valence-electron chi connectivity index (χ0n) is 12.7. The van der Waals surface area contributed by atoms with E-state index in [0.29, 0.717) is 11.1 Å². The quantitative estimate of drug-likeness (QED) is 0.250. The Labute approximate surface area is 137 Å². The molecule has 0 aliphatic carbocycles. The molecular weight excluding hydrogens is 296 g/mol. The zero-order valence-corrected chi connectivity index (χ0v) is 12.7. The topological polar surface area (TPSA) is 34.1 Å². The Kier molecular flexibility index (Phi) is 2.54. The van der Waals surface area contributed by atoms with Gasteiger partial charge in [-0.25, -0.2) is 0 Å². The summed E-state index contributed by atoms with van der Waals surface area (Å²) >= 11 is 0. The number of carbonyl (C=O) groups is 2. The molecule has 0 saturated heterocycles. The van der Waals surface area contributed by atoms with Gasteiger partial charge in [-0.15, -0.1) is 0 Å². The van der Waals surface area contributed by atoms with E-state index in [0.717, 1.165) is 50.3 Å². The van der Waals surface area contributed by atoms with Crippen LogP contribution in [0.1, 0.15) is 20.7 Å². The number of rotatable bonds is 2. The average Bonchev–Trinajstić information content (AvgIpc) is 2.65. The largest absolute Gasteiger partial charge is 0.298 e. The normalized spacial score (nSPS) is 11.7. The van der Waals surface area contributed by atoms with Gasteiger partial charge < -0.3 is 0 Å². The van der Waals surface area contributed by atoms with Gasteiger partial charge in [-0.1, -0.05) is 54.6 Å². The second-order valence-electron chi connectivity index (χ2n) is 6.10. The van der Waals surface area contributed by atoms with E-state index in [1.54, 1.807) is 0 Å². The molecule has 0 unspecified atom stereocenters. The van der Waals surface area contributed by atoms with E-state index in [4.69, 9.17) is 0 Å². The maximum absolute atomic E-state index is 11.8. The van der Waals surface area contributed by atoms with Gasteiger partial charge in [-0.3, -0.25) is 9.59 Å². The van der Waals surface area contributed by atoms with Crippen LogP contribution in [0.5, 0.6) is 0 Å². The second-order valence-corrected chi connectivity index (χ2v) is 6.10. The van der Waals surface area contributed by atoms with Crippen molar-refractivity contribution in [3.05, 3.63) is 71.8 Å². The first kappa shape index (κ1) is 13.2. The molecule has 2 nitrogen and oxygen atoms in total. The van der Waals surface area contributed by atoms with Crippen LogP contribution >= 0.6 is 0 Å². The Morgan fingerprint density at radius 1 is 0.583 bits per heavy atom. The minimum atomic E-state index is 0.445. The summed E-state index contributed by atoms with van der Waals surface area (Å²) in [6.45, 7) is 0. The fourth-order valence-electron chi connectivity index (χ4n) is 3.97. The number of fused-ring (bicyclic) bond motifs is 3. The summed E-state index contributed by atoms with van der Waals surface area (Å²) in [7, 11) is 0. The summed E-state index contributed by atoms with van der Waals surface area (Å²) in [5, 5.41) is 8.53. The number of aldehydes is 2. The van der Waals surface area contributed by atoms with Crippen LogP contribution in [0.4, 0.5) is 0 Å². The van der Waals surface area contributed by atoms with Crippen LogP contribution < -0.4 is 0 Å². The molecule has 0 spiro atoms. The van der Waals surface area contributed by atoms with E-state index >= 15 is 0 Å². The van der Waals surface area contributed by atoms with Gasteiger partial charge in [0.25, 0.3) is 0 Å². The lowest BCUT2D eigenvalue weighted by Gasteiger charge is -2.16. The third kappa shape index (κ3) is 1.50. The number of hydrogen-bond donors (Lipinski definition) is 0. The minimum absolute atomic E-state index is 0.445. The fraction of sp³-hybridized carbons (Fsp3) is 0. The molecule has 5 rings (SSSR count). The van der Waals surface area contributed by atoms with Crippen molar-refractivity contribution in [2.75, 3.05) is 0 Å². The average molecular weight is 308 g/mol. The first-order chi connectivity index (χ1) is 11.8. The highest BCUT2D eigenvalue weighted by atomic mass is 16.1. The summed E-state index contributed by atoms with van der Waals surface area (Å²) in [5.74, 6) is 0. The van der Waals surface area contributed by atoms with Crippen molar-refractivity contribution in [3.63, 3.8) is 0 Å². The molecule has 0 bridgehead atoms. The lowest BCUT2D eigenvalue weighted by atomic mass is 9.86. The third-order valence-electron chi connectivity index (χ3n) is 4.95. The molecule has 0 N–H and O–H groups in total. The van der Waals surface area contributed by atoms with Crippen molar-refractivity contribution in [1.29, 1.82) is 0 Å². The first-order valence-corrected chi connectivity index (χ1v) is 7.86. The SMILES string of the molecule is O=Cc1cc2ccc3cccc4c5ccccc5c(c1C=O)c2c34. The van der Waals surface area contributed by atoms with Gasteiger partial charge in [-0.2, -0.15) is 0 Å². The monoisotopic (exact) mass is 308 g/mol. The van der Waals surface area contributed by atoms with Crippen molar-refractivity contribution < 1.29 is 9.59 Å². The Balaban J connectivity index is 2.30. The zero-order chi connectivity index (χ0) is 16.3. The maximum Gasteiger partial charge on any atom is 0.151 e. The van der Waals surface area contributed by atoms with Crippen LogP contribution in [-0.2, 0) is 0 Å². The van der Waals surface area contributed by atoms with Crippen molar-refractivity contribution in [3.8, 4) is 0 Å². The van der Waals surface area contributed by atoms with E-state index in [2.05, 4.69) is 30.3 Å². The van der Waals surface area contributed by atoms with E-state index < -0.39 is 0 Å². The van der Waals surface area contributed by atoms with Crippen LogP contribution in [-0.4, -0.2) is 12.6 Å². The van der Waals surface area contributed by atoms with Gasteiger partial charge in [0.1, 0.15) is 0 Å². The van der Waals surface area contributed by atoms with Gasteiger partial charge in [-0.05, 0) is 43.8 Å². The maximum atomic E-state index is 11.8. The molecule has 0 heterocycles. The molecule has 0 saturated carbocycles. The number of benzene rings is 5. The van der Waals surface area contributed by atoms with Crippen LogP contribution in [0.15, 0.2) is 60.7 Å². The van der Waals surface area contributed by atoms with E-state index in [-0.39, 0.29) is 0 Å². The highest BCUT2D eigenvalue weighted by molar-refractivity contribution is 6.36. The van der Waals surface area contributed by atoms with Gasteiger partial charge in [0, 0.05) is 16.5 Å². The number of carbonyl (C=O) groups excluding carboxylic acids is 2. The van der Waals surface area contributed by atoms with Crippen molar-refractivity contribution >= 4 is 55.7 Å². The number of hydrogen-bond acceptors (Lipinski definition) is 2. The molecule has 24 heavy (non-hydrogen) atoms. The summed E-state index contributed by atoms with van der Waals surface area (Å²) in [6.07, 6.45) is 1.58. The van der Waals surface area contributed by atoms with Gasteiger partial charge in [0.05, 0.1) is 0 Å². The van der Waals surface area contributed by atoms with Crippen LogP contribution in [0.2, 0.25) is 0 Å². The molecule has 112 valence electrons. The molecule has 0 aromatic heterocycles. The highest BCUT2D eigenvalue weighted by Gasteiger charge is 2.17. The molecule has 0 aliphatic heterocycles. The van der Waals surface area contributed by atoms with E-state index in [1.807, 2.05) is 30.3 Å². The Hall–Kier alpha value is -3.26. The van der Waals surface area contributed by atoms with Gasteiger partial charge in [0.15, 0.2) is 12.6 Å². The van der Waals surface area contributed by atoms with Crippen LogP contribution in [0, 0.1) is 0 Å². The minimum Gasteiger partial charge on any atom is -0.298 e. The highest BCUT2D eigenvalue weighted by Crippen LogP contribution is 2.42. The lowest BCUT2D eigenvalue weighted by molar-refractivity contribution is 0.109. The molecule has 0 radical (unpaired) electrons. The first-order valence-electron chi connectivity index (χ1n) is 7.86. The van der Waals surface area contributed by atoms with E-state index in [1.165, 1.54) is 5.39 Å². The Morgan fingerprint density at radius 3 is 2.08 bits per heavy atom. The van der Waals surface area contributed by atoms with Crippen molar-refractivity contribution in [2.45, 2.75) is 0 Å². The second kappa shape index (κ2) is 4.62. The van der Waals surface area contributed by atoms with E-state index in [9.17, 15) is 9.59 Å². The van der Waals surface area contributed by atoms with Crippen molar-refractivity contribution in [1.82, 2.24) is 0 Å². The summed E-state index contributed by atoms with van der Waals surface area (Å²) < 4.78 is 0. The third-order valence-corrected chi connectivity index (χ3v) is 4.95. The van der Waals surface area contributed by atoms with Gasteiger partial charge >= 0.3 is 0 Å². The molecule has 0 fully saturated rings.